The van der Waals surface area contributed by atoms with Gasteiger partial charge in [-0.1, -0.05) is 49.2 Å². The lowest BCUT2D eigenvalue weighted by molar-refractivity contribution is 0.282. The summed E-state index contributed by atoms with van der Waals surface area (Å²) in [6, 6.07) is 9.72. The zero-order valence-electron chi connectivity index (χ0n) is 21.2. The second-order valence-corrected chi connectivity index (χ2v) is 11.4. The van der Waals surface area contributed by atoms with Crippen LogP contribution in [0.5, 0.6) is 0 Å². The fourth-order valence-corrected chi connectivity index (χ4v) is 6.69. The maximum absolute atomic E-state index is 13.5. The highest BCUT2D eigenvalue weighted by atomic mass is 32.2. The number of hydrogen-bond donors (Lipinski definition) is 1. The zero-order chi connectivity index (χ0) is 25.2. The number of fused-ring (bicyclic) bond motifs is 1. The SMILES string of the molecule is C#C/C=C\C.CCCc1cc2c(s1)SC(C)=C(C)N=C2N1CCN[C@@H](CCc2cccc(F)c2)C1. The molecule has 2 aliphatic heterocycles. The number of hydrogen-bond acceptors (Lipinski definition) is 5. The Morgan fingerprint density at radius 2 is 2.11 bits per heavy atom. The van der Waals surface area contributed by atoms with Crippen molar-refractivity contribution < 1.29 is 4.39 Å². The second kappa shape index (κ2) is 13.7. The molecule has 0 unspecified atom stereocenters. The van der Waals surface area contributed by atoms with Gasteiger partial charge in [0.1, 0.15) is 11.7 Å². The third-order valence-electron chi connectivity index (χ3n) is 6.00. The lowest BCUT2D eigenvalue weighted by Gasteiger charge is -2.36. The number of halogens is 1. The number of terminal acetylenes is 1. The van der Waals surface area contributed by atoms with E-state index in [2.05, 4.69) is 43.0 Å². The van der Waals surface area contributed by atoms with Crippen LogP contribution in [0.4, 0.5) is 4.39 Å². The summed E-state index contributed by atoms with van der Waals surface area (Å²) < 4.78 is 14.9. The van der Waals surface area contributed by atoms with Crippen LogP contribution in [0.1, 0.15) is 56.5 Å². The van der Waals surface area contributed by atoms with Gasteiger partial charge in [-0.3, -0.25) is 0 Å². The van der Waals surface area contributed by atoms with Crippen molar-refractivity contribution in [2.24, 2.45) is 4.99 Å². The number of nitrogens with zero attached hydrogens (tertiary/aromatic N) is 2. The number of thiophene rings is 1. The largest absolute Gasteiger partial charge is 0.353 e. The van der Waals surface area contributed by atoms with E-state index in [0.29, 0.717) is 6.04 Å². The molecule has 2 aliphatic rings. The third-order valence-corrected chi connectivity index (χ3v) is 8.50. The molecule has 1 fully saturated rings. The van der Waals surface area contributed by atoms with Crippen molar-refractivity contribution in [1.29, 1.82) is 0 Å². The van der Waals surface area contributed by atoms with Crippen LogP contribution in [0.3, 0.4) is 0 Å². The topological polar surface area (TPSA) is 27.6 Å². The van der Waals surface area contributed by atoms with Crippen molar-refractivity contribution in [2.75, 3.05) is 19.6 Å². The Kier molecular flexibility index (Phi) is 10.7. The number of aliphatic imine (C=N–C) groups is 1. The standard InChI is InChI=1S/C24H30FN3S2.C5H6/c1-4-6-21-14-22-23(27-16(2)17(3)29-24(22)30-21)28-12-11-26-20(15-28)10-9-18-7-5-8-19(25)13-18;1-3-5-4-2/h5,7-8,13-14,20,26H,4,6,9-12,15H2,1-3H3;1,4-5H,2H3/b;5-4-/t20-;/m0./s1. The molecule has 0 bridgehead atoms. The number of nitrogens with one attached hydrogen (secondary N) is 1. The summed E-state index contributed by atoms with van der Waals surface area (Å²) in [6.45, 7) is 11.3. The van der Waals surface area contributed by atoms with Gasteiger partial charge in [-0.25, -0.2) is 9.38 Å². The molecule has 6 heteroatoms. The molecule has 0 radical (unpaired) electrons. The van der Waals surface area contributed by atoms with Gasteiger partial charge < -0.3 is 10.2 Å². The van der Waals surface area contributed by atoms with Gasteiger partial charge >= 0.3 is 0 Å². The highest BCUT2D eigenvalue weighted by molar-refractivity contribution is 8.04. The fraction of sp³-hybridized carbons (Fsp3) is 0.414. The average molecular weight is 510 g/mol. The molecule has 1 aromatic heterocycles. The maximum atomic E-state index is 13.5. The van der Waals surface area contributed by atoms with Crippen molar-refractivity contribution in [3.05, 3.63) is 74.9 Å². The molecule has 4 rings (SSSR count). The van der Waals surface area contributed by atoms with Crippen LogP contribution in [0.25, 0.3) is 0 Å². The molecule has 0 spiro atoms. The predicted molar refractivity (Wildman–Crippen MR) is 151 cm³/mol. The Hall–Kier alpha value is -2.33. The van der Waals surface area contributed by atoms with Gasteiger partial charge in [0.25, 0.3) is 0 Å². The van der Waals surface area contributed by atoms with Gasteiger partial charge in [0.2, 0.25) is 0 Å². The molecule has 3 heterocycles. The number of amidine groups is 1. The van der Waals surface area contributed by atoms with E-state index in [4.69, 9.17) is 11.4 Å². The molecule has 2 aromatic rings. The lowest BCUT2D eigenvalue weighted by Crippen LogP contribution is -2.53. The number of benzene rings is 1. The molecule has 1 N–H and O–H groups in total. The van der Waals surface area contributed by atoms with E-state index in [1.54, 1.807) is 18.2 Å². The molecule has 0 aliphatic carbocycles. The van der Waals surface area contributed by atoms with Crippen LogP contribution < -0.4 is 5.32 Å². The van der Waals surface area contributed by atoms with Crippen LogP contribution in [0, 0.1) is 18.2 Å². The van der Waals surface area contributed by atoms with Crippen LogP contribution >= 0.6 is 23.1 Å². The second-order valence-electron chi connectivity index (χ2n) is 8.78. The predicted octanol–water partition coefficient (Wildman–Crippen LogP) is 7.05. The van der Waals surface area contributed by atoms with Crippen molar-refractivity contribution in [3.8, 4) is 12.3 Å². The molecule has 0 saturated carbocycles. The Balaban J connectivity index is 0.000000623. The van der Waals surface area contributed by atoms with Crippen LogP contribution in [-0.4, -0.2) is 36.4 Å². The normalized spacial score (nSPS) is 17.9. The number of allylic oxidation sites excluding steroid dienone is 4. The smallest absolute Gasteiger partial charge is 0.138 e. The van der Waals surface area contributed by atoms with E-state index < -0.39 is 0 Å². The molecule has 1 atom stereocenters. The summed E-state index contributed by atoms with van der Waals surface area (Å²) in [5.74, 6) is 3.31. The van der Waals surface area contributed by atoms with Gasteiger partial charge in [-0.05, 0) is 69.9 Å². The molecule has 1 aromatic carbocycles. The number of thioether (sulfide) groups is 1. The van der Waals surface area contributed by atoms with Crippen molar-refractivity contribution >= 4 is 28.9 Å². The fourth-order valence-electron chi connectivity index (χ4n) is 4.12. The Morgan fingerprint density at radius 3 is 2.80 bits per heavy atom. The quantitative estimate of drug-likeness (QED) is 0.438. The van der Waals surface area contributed by atoms with E-state index in [1.807, 2.05) is 42.2 Å². The van der Waals surface area contributed by atoms with E-state index in [0.717, 1.165) is 56.0 Å². The van der Waals surface area contributed by atoms with Gasteiger partial charge in [0, 0.05) is 46.7 Å². The van der Waals surface area contributed by atoms with Crippen molar-refractivity contribution in [1.82, 2.24) is 10.2 Å². The highest BCUT2D eigenvalue weighted by Crippen LogP contribution is 2.41. The maximum Gasteiger partial charge on any atom is 0.138 e. The first kappa shape index (κ1) is 27.3. The van der Waals surface area contributed by atoms with E-state index >= 15 is 0 Å². The monoisotopic (exact) mass is 509 g/mol. The van der Waals surface area contributed by atoms with Crippen molar-refractivity contribution in [2.45, 2.75) is 63.6 Å². The first-order chi connectivity index (χ1) is 16.9. The van der Waals surface area contributed by atoms with Gasteiger partial charge in [-0.15, -0.1) is 17.8 Å². The molecule has 186 valence electrons. The average Bonchev–Trinajstić information content (AvgIpc) is 3.19. The van der Waals surface area contributed by atoms with Crippen LogP contribution in [0.2, 0.25) is 0 Å². The minimum absolute atomic E-state index is 0.151. The Labute approximate surface area is 218 Å². The molecular formula is C29H36FN3S2. The summed E-state index contributed by atoms with van der Waals surface area (Å²) >= 11 is 3.80. The Morgan fingerprint density at radius 1 is 1.29 bits per heavy atom. The zero-order valence-corrected chi connectivity index (χ0v) is 22.9. The van der Waals surface area contributed by atoms with Gasteiger partial charge in [0.05, 0.1) is 4.21 Å². The van der Waals surface area contributed by atoms with Crippen molar-refractivity contribution in [3.63, 3.8) is 0 Å². The summed E-state index contributed by atoms with van der Waals surface area (Å²) in [7, 11) is 0. The molecule has 1 saturated heterocycles. The number of aryl methyl sites for hydroxylation is 2. The number of rotatable bonds is 5. The first-order valence-electron chi connectivity index (χ1n) is 12.3. The lowest BCUT2D eigenvalue weighted by atomic mass is 10.0. The molecular weight excluding hydrogens is 473 g/mol. The molecule has 3 nitrogen and oxygen atoms in total. The molecule has 0 amide bonds. The third kappa shape index (κ3) is 7.83. The van der Waals surface area contributed by atoms with Crippen LogP contribution in [-0.2, 0) is 12.8 Å². The highest BCUT2D eigenvalue weighted by Gasteiger charge is 2.27. The minimum atomic E-state index is -0.151. The van der Waals surface area contributed by atoms with E-state index in [-0.39, 0.29) is 5.82 Å². The van der Waals surface area contributed by atoms with Gasteiger partial charge in [-0.2, -0.15) is 0 Å². The molecule has 35 heavy (non-hydrogen) atoms. The first-order valence-corrected chi connectivity index (χ1v) is 14.0. The Bertz CT molecular complexity index is 1120. The minimum Gasteiger partial charge on any atom is -0.353 e. The summed E-state index contributed by atoms with van der Waals surface area (Å²) in [6.07, 6.45) is 12.4. The summed E-state index contributed by atoms with van der Waals surface area (Å²) in [5, 5.41) is 3.65. The summed E-state index contributed by atoms with van der Waals surface area (Å²) in [5.41, 5.74) is 3.48. The summed E-state index contributed by atoms with van der Waals surface area (Å²) in [4.78, 5) is 10.3. The van der Waals surface area contributed by atoms with E-state index in [9.17, 15) is 4.39 Å². The van der Waals surface area contributed by atoms with E-state index in [1.165, 1.54) is 32.0 Å². The van der Waals surface area contributed by atoms with Gasteiger partial charge in [0.15, 0.2) is 0 Å². The number of piperazine rings is 1. The van der Waals surface area contributed by atoms with Crippen LogP contribution in [0.15, 0.2) is 62.3 Å².